The van der Waals surface area contributed by atoms with Crippen molar-refractivity contribution in [1.82, 2.24) is 15.5 Å². The van der Waals surface area contributed by atoms with Crippen molar-refractivity contribution in [3.8, 4) is 0 Å². The summed E-state index contributed by atoms with van der Waals surface area (Å²) in [5, 5.41) is 6.09. The molecule has 0 bridgehead atoms. The molecule has 1 unspecified atom stereocenters. The van der Waals surface area contributed by atoms with E-state index in [2.05, 4.69) is 22.8 Å². The predicted molar refractivity (Wildman–Crippen MR) is 72.4 cm³/mol. The summed E-state index contributed by atoms with van der Waals surface area (Å²) in [5.74, 6) is 0. The molecule has 0 aliphatic carbocycles. The van der Waals surface area contributed by atoms with Crippen molar-refractivity contribution in [3.05, 3.63) is 35.9 Å². The molecule has 1 atom stereocenters. The fourth-order valence-electron chi connectivity index (χ4n) is 2.47. The van der Waals surface area contributed by atoms with Gasteiger partial charge in [0.15, 0.2) is 0 Å². The Labute approximate surface area is 108 Å². The highest BCUT2D eigenvalue weighted by molar-refractivity contribution is 5.74. The number of hydrogen-bond acceptors (Lipinski definition) is 2. The molecule has 18 heavy (non-hydrogen) atoms. The number of urea groups is 1. The van der Waals surface area contributed by atoms with E-state index in [0.717, 1.165) is 32.5 Å². The maximum atomic E-state index is 12.0. The molecule has 98 valence electrons. The molecule has 1 aromatic rings. The van der Waals surface area contributed by atoms with E-state index in [-0.39, 0.29) is 12.1 Å². The Hall–Kier alpha value is -1.55. The SMILES string of the molecule is CNC(=O)N1CCNCCCC1c1ccccc1. The summed E-state index contributed by atoms with van der Waals surface area (Å²) < 4.78 is 0. The molecular weight excluding hydrogens is 226 g/mol. The van der Waals surface area contributed by atoms with Crippen LogP contribution in [0.2, 0.25) is 0 Å². The molecule has 1 aliphatic rings. The number of nitrogens with zero attached hydrogens (tertiary/aromatic N) is 1. The predicted octanol–water partition coefficient (Wildman–Crippen LogP) is 1.75. The van der Waals surface area contributed by atoms with E-state index < -0.39 is 0 Å². The molecule has 2 rings (SSSR count). The third-order valence-corrected chi connectivity index (χ3v) is 3.40. The number of carbonyl (C=O) groups is 1. The first-order valence-electron chi connectivity index (χ1n) is 6.57. The Balaban J connectivity index is 2.22. The highest BCUT2D eigenvalue weighted by Crippen LogP contribution is 2.26. The van der Waals surface area contributed by atoms with Crippen LogP contribution in [-0.2, 0) is 0 Å². The smallest absolute Gasteiger partial charge is 0.317 e. The highest BCUT2D eigenvalue weighted by atomic mass is 16.2. The van der Waals surface area contributed by atoms with E-state index >= 15 is 0 Å². The van der Waals surface area contributed by atoms with Gasteiger partial charge in [0.1, 0.15) is 0 Å². The van der Waals surface area contributed by atoms with E-state index in [1.54, 1.807) is 7.05 Å². The molecule has 0 saturated carbocycles. The maximum Gasteiger partial charge on any atom is 0.317 e. The van der Waals surface area contributed by atoms with Crippen LogP contribution < -0.4 is 10.6 Å². The minimum Gasteiger partial charge on any atom is -0.341 e. The van der Waals surface area contributed by atoms with Gasteiger partial charge in [-0.05, 0) is 24.9 Å². The average molecular weight is 247 g/mol. The number of benzene rings is 1. The second-order valence-corrected chi connectivity index (χ2v) is 4.57. The third kappa shape index (κ3) is 3.01. The van der Waals surface area contributed by atoms with Gasteiger partial charge in [-0.3, -0.25) is 0 Å². The molecule has 0 radical (unpaired) electrons. The van der Waals surface area contributed by atoms with Gasteiger partial charge in [-0.2, -0.15) is 0 Å². The summed E-state index contributed by atoms with van der Waals surface area (Å²) in [6.45, 7) is 2.64. The van der Waals surface area contributed by atoms with E-state index in [9.17, 15) is 4.79 Å². The maximum absolute atomic E-state index is 12.0. The Kier molecular flexibility index (Phi) is 4.59. The molecule has 2 N–H and O–H groups in total. The lowest BCUT2D eigenvalue weighted by atomic mass is 9.99. The lowest BCUT2D eigenvalue weighted by Crippen LogP contribution is -2.45. The Bertz CT molecular complexity index is 380. The monoisotopic (exact) mass is 247 g/mol. The molecule has 0 spiro atoms. The van der Waals surface area contributed by atoms with Crippen molar-refractivity contribution in [2.24, 2.45) is 0 Å². The van der Waals surface area contributed by atoms with E-state index in [1.165, 1.54) is 5.56 Å². The van der Waals surface area contributed by atoms with Gasteiger partial charge in [0.05, 0.1) is 6.04 Å². The Morgan fingerprint density at radius 1 is 1.33 bits per heavy atom. The lowest BCUT2D eigenvalue weighted by molar-refractivity contribution is 0.167. The first-order chi connectivity index (χ1) is 8.83. The van der Waals surface area contributed by atoms with Crippen LogP contribution in [0.4, 0.5) is 4.79 Å². The topological polar surface area (TPSA) is 44.4 Å². The van der Waals surface area contributed by atoms with Gasteiger partial charge in [-0.25, -0.2) is 4.79 Å². The van der Waals surface area contributed by atoms with Crippen LogP contribution in [0, 0.1) is 0 Å². The number of carbonyl (C=O) groups excluding carboxylic acids is 1. The first kappa shape index (κ1) is 12.9. The highest BCUT2D eigenvalue weighted by Gasteiger charge is 2.24. The van der Waals surface area contributed by atoms with Crippen LogP contribution in [0.3, 0.4) is 0 Å². The zero-order valence-electron chi connectivity index (χ0n) is 10.9. The molecule has 0 aromatic heterocycles. The van der Waals surface area contributed by atoms with Gasteiger partial charge in [-0.15, -0.1) is 0 Å². The molecule has 1 aromatic carbocycles. The second-order valence-electron chi connectivity index (χ2n) is 4.57. The summed E-state index contributed by atoms with van der Waals surface area (Å²) in [5.41, 5.74) is 1.23. The molecule has 2 amide bonds. The summed E-state index contributed by atoms with van der Waals surface area (Å²) in [4.78, 5) is 13.9. The molecular formula is C14H21N3O. The van der Waals surface area contributed by atoms with Crippen LogP contribution >= 0.6 is 0 Å². The van der Waals surface area contributed by atoms with E-state index in [1.807, 2.05) is 23.1 Å². The van der Waals surface area contributed by atoms with Crippen LogP contribution in [-0.4, -0.2) is 37.6 Å². The molecule has 4 nitrogen and oxygen atoms in total. The van der Waals surface area contributed by atoms with Gasteiger partial charge in [0.2, 0.25) is 0 Å². The van der Waals surface area contributed by atoms with E-state index in [4.69, 9.17) is 0 Å². The van der Waals surface area contributed by atoms with Gasteiger partial charge in [-0.1, -0.05) is 30.3 Å². The lowest BCUT2D eigenvalue weighted by Gasteiger charge is -2.33. The number of amides is 2. The number of hydrogen-bond donors (Lipinski definition) is 2. The summed E-state index contributed by atoms with van der Waals surface area (Å²) in [7, 11) is 1.69. The molecule has 1 heterocycles. The largest absolute Gasteiger partial charge is 0.341 e. The quantitative estimate of drug-likeness (QED) is 0.794. The van der Waals surface area contributed by atoms with Crippen LogP contribution in [0.15, 0.2) is 30.3 Å². The zero-order valence-corrected chi connectivity index (χ0v) is 10.9. The molecule has 1 aliphatic heterocycles. The van der Waals surface area contributed by atoms with Gasteiger partial charge in [0.25, 0.3) is 0 Å². The second kappa shape index (κ2) is 6.40. The van der Waals surface area contributed by atoms with Crippen LogP contribution in [0.25, 0.3) is 0 Å². The fourth-order valence-corrected chi connectivity index (χ4v) is 2.47. The van der Waals surface area contributed by atoms with Crippen molar-refractivity contribution < 1.29 is 4.79 Å². The Morgan fingerprint density at radius 2 is 2.11 bits per heavy atom. The third-order valence-electron chi connectivity index (χ3n) is 3.40. The minimum absolute atomic E-state index is 0.00699. The van der Waals surface area contributed by atoms with Crippen LogP contribution in [0.5, 0.6) is 0 Å². The van der Waals surface area contributed by atoms with E-state index in [0.29, 0.717) is 0 Å². The molecule has 1 saturated heterocycles. The van der Waals surface area contributed by atoms with Crippen LogP contribution in [0.1, 0.15) is 24.4 Å². The summed E-state index contributed by atoms with van der Waals surface area (Å²) in [6.07, 6.45) is 2.09. The molecule has 1 fully saturated rings. The summed E-state index contributed by atoms with van der Waals surface area (Å²) in [6, 6.07) is 10.5. The van der Waals surface area contributed by atoms with Gasteiger partial charge >= 0.3 is 6.03 Å². The minimum atomic E-state index is 0.00699. The number of rotatable bonds is 1. The van der Waals surface area contributed by atoms with Gasteiger partial charge < -0.3 is 15.5 Å². The zero-order chi connectivity index (χ0) is 12.8. The Morgan fingerprint density at radius 3 is 2.83 bits per heavy atom. The first-order valence-corrected chi connectivity index (χ1v) is 6.57. The normalized spacial score (nSPS) is 20.9. The van der Waals surface area contributed by atoms with Crippen molar-refractivity contribution in [3.63, 3.8) is 0 Å². The average Bonchev–Trinajstić information content (AvgIpc) is 2.39. The van der Waals surface area contributed by atoms with Crippen molar-refractivity contribution in [2.45, 2.75) is 18.9 Å². The fraction of sp³-hybridized carbons (Fsp3) is 0.500. The van der Waals surface area contributed by atoms with Gasteiger partial charge in [0, 0.05) is 20.1 Å². The number of nitrogens with one attached hydrogen (secondary N) is 2. The van der Waals surface area contributed by atoms with Crippen molar-refractivity contribution in [2.75, 3.05) is 26.7 Å². The summed E-state index contributed by atoms with van der Waals surface area (Å²) >= 11 is 0. The molecule has 4 heteroatoms. The van der Waals surface area contributed by atoms with Crippen molar-refractivity contribution in [1.29, 1.82) is 0 Å². The van der Waals surface area contributed by atoms with Crippen molar-refractivity contribution >= 4 is 6.03 Å². The standard InChI is InChI=1S/C14H21N3O/c1-15-14(18)17-11-10-16-9-5-8-13(17)12-6-3-2-4-7-12/h2-4,6-7,13,16H,5,8-11H2,1H3,(H,15,18).